The molecule has 9 nitrogen and oxygen atoms in total. The van der Waals surface area contributed by atoms with Gasteiger partial charge in [0.25, 0.3) is 0 Å². The SMILES string of the molecule is COc1ccc2c(c1OC)C(=O)OC2N1C(=O)CC[C@H]1C(=O)NC1CC(C)(C)NC(C)(C)C1. The predicted molar refractivity (Wildman–Crippen MR) is 120 cm³/mol. The molecular formula is C24H33N3O6. The Morgan fingerprint density at radius 1 is 1.12 bits per heavy atom. The van der Waals surface area contributed by atoms with E-state index >= 15 is 0 Å². The lowest BCUT2D eigenvalue weighted by Crippen LogP contribution is -2.63. The minimum atomic E-state index is -0.973. The Morgan fingerprint density at radius 2 is 1.79 bits per heavy atom. The van der Waals surface area contributed by atoms with Crippen LogP contribution in [0.5, 0.6) is 11.5 Å². The van der Waals surface area contributed by atoms with Crippen molar-refractivity contribution in [3.05, 3.63) is 23.3 Å². The van der Waals surface area contributed by atoms with Crippen molar-refractivity contribution in [1.29, 1.82) is 0 Å². The highest BCUT2D eigenvalue weighted by atomic mass is 16.6. The number of nitrogens with zero attached hydrogens (tertiary/aromatic N) is 1. The van der Waals surface area contributed by atoms with Crippen molar-refractivity contribution < 1.29 is 28.6 Å². The summed E-state index contributed by atoms with van der Waals surface area (Å²) >= 11 is 0. The molecule has 1 aromatic rings. The van der Waals surface area contributed by atoms with E-state index in [-0.39, 0.29) is 46.7 Å². The van der Waals surface area contributed by atoms with E-state index in [1.807, 2.05) is 0 Å². The van der Waals surface area contributed by atoms with Crippen LogP contribution in [0.25, 0.3) is 0 Å². The van der Waals surface area contributed by atoms with Crippen molar-refractivity contribution in [3.63, 3.8) is 0 Å². The summed E-state index contributed by atoms with van der Waals surface area (Å²) in [5.41, 5.74) is 0.471. The molecule has 1 aromatic carbocycles. The van der Waals surface area contributed by atoms with Gasteiger partial charge in [-0.15, -0.1) is 0 Å². The second-order valence-electron chi connectivity index (χ2n) is 10.4. The van der Waals surface area contributed by atoms with Gasteiger partial charge in [0.05, 0.1) is 14.2 Å². The lowest BCUT2D eigenvalue weighted by Gasteiger charge is -2.47. The van der Waals surface area contributed by atoms with Crippen LogP contribution in [-0.4, -0.2) is 60.1 Å². The van der Waals surface area contributed by atoms with Crippen LogP contribution in [0, 0.1) is 0 Å². The summed E-state index contributed by atoms with van der Waals surface area (Å²) in [7, 11) is 2.92. The number of piperidine rings is 1. The number of ether oxygens (including phenoxy) is 3. The predicted octanol–water partition coefficient (Wildman–Crippen LogP) is 2.29. The third kappa shape index (κ3) is 4.26. The molecule has 4 rings (SSSR count). The number of hydrogen-bond donors (Lipinski definition) is 2. The van der Waals surface area contributed by atoms with Crippen LogP contribution in [0.4, 0.5) is 0 Å². The number of amides is 2. The second-order valence-corrected chi connectivity index (χ2v) is 10.4. The number of rotatable bonds is 5. The minimum absolute atomic E-state index is 0.0240. The molecule has 2 amide bonds. The van der Waals surface area contributed by atoms with E-state index in [4.69, 9.17) is 14.2 Å². The Labute approximate surface area is 194 Å². The zero-order chi connectivity index (χ0) is 24.1. The van der Waals surface area contributed by atoms with Crippen molar-refractivity contribution in [2.24, 2.45) is 0 Å². The van der Waals surface area contributed by atoms with E-state index in [1.54, 1.807) is 12.1 Å². The zero-order valence-electron chi connectivity index (χ0n) is 20.1. The zero-order valence-corrected chi connectivity index (χ0v) is 20.1. The van der Waals surface area contributed by atoms with Gasteiger partial charge < -0.3 is 24.8 Å². The average Bonchev–Trinajstić information content (AvgIpc) is 3.24. The van der Waals surface area contributed by atoms with Gasteiger partial charge in [-0.1, -0.05) is 0 Å². The standard InChI is InChI=1S/C24H33N3O6/c1-23(2)11-13(12-24(3,4)26-23)25-20(29)15-8-10-17(28)27(15)21-14-7-9-16(31-5)19(32-6)18(14)22(30)33-21/h7,9,13,15,21,26H,8,10-12H2,1-6H3,(H,25,29)/t15-,21?/m0/s1. The topological polar surface area (TPSA) is 106 Å². The molecule has 2 atom stereocenters. The van der Waals surface area contributed by atoms with Gasteiger partial charge in [0.1, 0.15) is 11.6 Å². The molecule has 3 heterocycles. The summed E-state index contributed by atoms with van der Waals surface area (Å²) in [6.07, 6.45) is 1.18. The number of nitrogens with one attached hydrogen (secondary N) is 2. The van der Waals surface area contributed by atoms with Crippen molar-refractivity contribution in [1.82, 2.24) is 15.5 Å². The fraction of sp³-hybridized carbons (Fsp3) is 0.625. The van der Waals surface area contributed by atoms with E-state index in [2.05, 4.69) is 38.3 Å². The Hall–Kier alpha value is -2.81. The first kappa shape index (κ1) is 23.4. The first-order chi connectivity index (χ1) is 15.5. The Balaban J connectivity index is 1.59. The Morgan fingerprint density at radius 3 is 2.39 bits per heavy atom. The molecule has 2 saturated heterocycles. The third-order valence-electron chi connectivity index (χ3n) is 6.61. The highest BCUT2D eigenvalue weighted by molar-refractivity contribution is 5.99. The lowest BCUT2D eigenvalue weighted by atomic mass is 9.79. The summed E-state index contributed by atoms with van der Waals surface area (Å²) in [6.45, 7) is 8.48. The first-order valence-electron chi connectivity index (χ1n) is 11.3. The summed E-state index contributed by atoms with van der Waals surface area (Å²) in [6, 6.07) is 2.62. The molecule has 0 bridgehead atoms. The van der Waals surface area contributed by atoms with E-state index in [9.17, 15) is 14.4 Å². The highest BCUT2D eigenvalue weighted by Crippen LogP contribution is 2.45. The van der Waals surface area contributed by atoms with Crippen molar-refractivity contribution in [2.45, 2.75) is 82.8 Å². The number of likely N-dealkylation sites (tertiary alicyclic amines) is 1. The number of methoxy groups -OCH3 is 2. The van der Waals surface area contributed by atoms with E-state index < -0.39 is 18.2 Å². The maximum absolute atomic E-state index is 13.4. The van der Waals surface area contributed by atoms with Gasteiger partial charge >= 0.3 is 5.97 Å². The number of hydrogen-bond acceptors (Lipinski definition) is 7. The molecule has 0 spiro atoms. The van der Waals surface area contributed by atoms with Crippen LogP contribution in [0.3, 0.4) is 0 Å². The van der Waals surface area contributed by atoms with E-state index in [0.717, 1.165) is 12.8 Å². The molecular weight excluding hydrogens is 426 g/mol. The summed E-state index contributed by atoms with van der Waals surface area (Å²) < 4.78 is 16.3. The minimum Gasteiger partial charge on any atom is -0.493 e. The summed E-state index contributed by atoms with van der Waals surface area (Å²) in [5, 5.41) is 6.77. The molecule has 0 aromatic heterocycles. The maximum atomic E-state index is 13.4. The van der Waals surface area contributed by atoms with Gasteiger partial charge in [-0.25, -0.2) is 4.79 Å². The van der Waals surface area contributed by atoms with Crippen LogP contribution in [0.15, 0.2) is 12.1 Å². The molecule has 1 unspecified atom stereocenters. The third-order valence-corrected chi connectivity index (χ3v) is 6.61. The largest absolute Gasteiger partial charge is 0.493 e. The second kappa shape index (κ2) is 8.20. The average molecular weight is 460 g/mol. The number of fused-ring (bicyclic) bond motifs is 1. The Bertz CT molecular complexity index is 973. The molecule has 33 heavy (non-hydrogen) atoms. The molecule has 3 aliphatic heterocycles. The molecule has 0 radical (unpaired) electrons. The van der Waals surface area contributed by atoms with Gasteiger partial charge in [0.2, 0.25) is 18.0 Å². The van der Waals surface area contributed by atoms with Crippen LogP contribution < -0.4 is 20.1 Å². The van der Waals surface area contributed by atoms with Gasteiger partial charge in [0.15, 0.2) is 11.5 Å². The van der Waals surface area contributed by atoms with Gasteiger partial charge in [-0.2, -0.15) is 0 Å². The van der Waals surface area contributed by atoms with Crippen LogP contribution >= 0.6 is 0 Å². The molecule has 2 N–H and O–H groups in total. The lowest BCUT2D eigenvalue weighted by molar-refractivity contribution is -0.146. The monoisotopic (exact) mass is 459 g/mol. The summed E-state index contributed by atoms with van der Waals surface area (Å²) in [4.78, 5) is 40.3. The van der Waals surface area contributed by atoms with Crippen molar-refractivity contribution >= 4 is 17.8 Å². The van der Waals surface area contributed by atoms with Crippen LogP contribution in [0.1, 0.15) is 75.5 Å². The fourth-order valence-corrected chi connectivity index (χ4v) is 5.76. The quantitative estimate of drug-likeness (QED) is 0.651. The molecule has 3 aliphatic rings. The first-order valence-corrected chi connectivity index (χ1v) is 11.3. The fourth-order valence-electron chi connectivity index (χ4n) is 5.76. The van der Waals surface area contributed by atoms with Gasteiger partial charge in [-0.05, 0) is 59.1 Å². The van der Waals surface area contributed by atoms with Crippen LogP contribution in [0.2, 0.25) is 0 Å². The van der Waals surface area contributed by atoms with Crippen molar-refractivity contribution in [3.8, 4) is 11.5 Å². The number of cyclic esters (lactones) is 1. The maximum Gasteiger partial charge on any atom is 0.344 e. The highest BCUT2D eigenvalue weighted by Gasteiger charge is 2.48. The van der Waals surface area contributed by atoms with Crippen LogP contribution in [-0.2, 0) is 14.3 Å². The number of benzene rings is 1. The molecule has 2 fully saturated rings. The van der Waals surface area contributed by atoms with E-state index in [0.29, 0.717) is 17.7 Å². The molecule has 9 heteroatoms. The number of esters is 1. The normalized spacial score (nSPS) is 26.1. The van der Waals surface area contributed by atoms with E-state index in [1.165, 1.54) is 19.1 Å². The van der Waals surface area contributed by atoms with Gasteiger partial charge in [0, 0.05) is 29.1 Å². The number of carbonyl (C=O) groups is 3. The number of carbonyl (C=O) groups excluding carboxylic acids is 3. The van der Waals surface area contributed by atoms with Crippen molar-refractivity contribution in [2.75, 3.05) is 14.2 Å². The molecule has 0 saturated carbocycles. The molecule has 0 aliphatic carbocycles. The smallest absolute Gasteiger partial charge is 0.344 e. The Kier molecular flexibility index (Phi) is 5.80. The van der Waals surface area contributed by atoms with Gasteiger partial charge in [-0.3, -0.25) is 14.5 Å². The molecule has 180 valence electrons. The summed E-state index contributed by atoms with van der Waals surface area (Å²) in [5.74, 6) is -0.390.